The number of hydrogen-bond acceptors (Lipinski definition) is 8. The molecule has 0 radical (unpaired) electrons. The van der Waals surface area contributed by atoms with Crippen LogP contribution in [-0.2, 0) is 14.2 Å². The van der Waals surface area contributed by atoms with Gasteiger partial charge in [-0.3, -0.25) is 4.90 Å². The number of ether oxygens (including phenoxy) is 4. The second kappa shape index (κ2) is 9.30. The highest BCUT2D eigenvalue weighted by Gasteiger charge is 2.84. The zero-order chi connectivity index (χ0) is 26.6. The lowest BCUT2D eigenvalue weighted by atomic mass is 9.46. The molecule has 2 N–H and O–H groups in total. The molecule has 1 heterocycles. The summed E-state index contributed by atoms with van der Waals surface area (Å²) in [4.78, 5) is 16.1. The van der Waals surface area contributed by atoms with E-state index < -0.39 is 29.4 Å². The molecule has 39 heavy (non-hydrogen) atoms. The fourth-order valence-corrected chi connectivity index (χ4v) is 11.0. The number of halogens is 1. The lowest BCUT2D eigenvalue weighted by molar-refractivity contribution is -0.271. The molecule has 12 unspecified atom stereocenters. The number of hydrogen-bond donors (Lipinski definition) is 2. The van der Waals surface area contributed by atoms with Crippen LogP contribution >= 0.6 is 12.4 Å². The highest BCUT2D eigenvalue weighted by Crippen LogP contribution is 2.77. The van der Waals surface area contributed by atoms with Gasteiger partial charge in [0.25, 0.3) is 0 Å². The summed E-state index contributed by atoms with van der Waals surface area (Å²) in [6, 6.07) is 7.01. The van der Waals surface area contributed by atoms with Crippen LogP contribution in [0.2, 0.25) is 0 Å². The Morgan fingerprint density at radius 3 is 2.33 bits per heavy atom. The molecule has 1 aromatic carbocycles. The summed E-state index contributed by atoms with van der Waals surface area (Å²) in [7, 11) is 5.01. The van der Waals surface area contributed by atoms with Gasteiger partial charge in [-0.1, -0.05) is 6.92 Å². The van der Waals surface area contributed by atoms with Gasteiger partial charge in [0.2, 0.25) is 0 Å². The Kier molecular flexibility index (Phi) is 6.61. The van der Waals surface area contributed by atoms with Crippen molar-refractivity contribution >= 4 is 18.4 Å². The predicted molar refractivity (Wildman–Crippen MR) is 145 cm³/mol. The molecule has 8 nitrogen and oxygen atoms in total. The van der Waals surface area contributed by atoms with Gasteiger partial charge < -0.3 is 29.2 Å². The smallest absolute Gasteiger partial charge is 0.338 e. The van der Waals surface area contributed by atoms with Crippen LogP contribution in [0.15, 0.2) is 24.3 Å². The van der Waals surface area contributed by atoms with Crippen molar-refractivity contribution in [3.8, 4) is 5.75 Å². The second-order valence-electron chi connectivity index (χ2n) is 12.8. The normalized spacial score (nSPS) is 48.8. The van der Waals surface area contributed by atoms with Gasteiger partial charge in [-0.25, -0.2) is 4.79 Å². The standard InChI is InChI=1S/C30H41NO7.ClH/c1-5-31-15-17-8-11-22(36-3)30-19(17)12-20(25(30)31)28(33)14-23(37-4)29(34)13-21(30)24(28)26(29)38-27(32)16-6-9-18(35-2)10-7-16;/h6-7,9-10,17,19-26,33-34H,5,8,11-15H2,1-4H3;1H. The second-order valence-corrected chi connectivity index (χ2v) is 12.8. The van der Waals surface area contributed by atoms with Gasteiger partial charge in [0.1, 0.15) is 17.5 Å². The number of aliphatic hydroxyl groups is 2. The van der Waals surface area contributed by atoms with Crippen LogP contribution in [0.1, 0.15) is 49.4 Å². The first kappa shape index (κ1) is 27.7. The number of carbonyl (C=O) groups excluding carboxylic acids is 1. The number of rotatable bonds is 6. The molecule has 7 bridgehead atoms. The van der Waals surface area contributed by atoms with E-state index in [1.807, 2.05) is 7.11 Å². The van der Waals surface area contributed by atoms with E-state index in [1.165, 1.54) is 0 Å². The third-order valence-corrected chi connectivity index (χ3v) is 12.1. The van der Waals surface area contributed by atoms with Crippen molar-refractivity contribution in [1.82, 2.24) is 4.90 Å². The molecular weight excluding hydrogens is 522 g/mol. The van der Waals surface area contributed by atoms with Crippen molar-refractivity contribution in [3.63, 3.8) is 0 Å². The number of nitrogens with zero attached hydrogens (tertiary/aromatic N) is 1. The van der Waals surface area contributed by atoms with E-state index in [4.69, 9.17) is 18.9 Å². The Morgan fingerprint density at radius 2 is 1.69 bits per heavy atom. The summed E-state index contributed by atoms with van der Waals surface area (Å²) >= 11 is 0. The fourth-order valence-electron chi connectivity index (χ4n) is 11.0. The maximum absolute atomic E-state index is 13.5. The van der Waals surface area contributed by atoms with Crippen LogP contribution in [0.3, 0.4) is 0 Å². The van der Waals surface area contributed by atoms with Gasteiger partial charge >= 0.3 is 5.97 Å². The van der Waals surface area contributed by atoms with E-state index in [0.29, 0.717) is 36.0 Å². The highest BCUT2D eigenvalue weighted by atomic mass is 35.5. The first-order chi connectivity index (χ1) is 18.3. The van der Waals surface area contributed by atoms with Gasteiger partial charge in [-0.2, -0.15) is 0 Å². The van der Waals surface area contributed by atoms with Gasteiger partial charge in [-0.15, -0.1) is 12.4 Å². The zero-order valence-electron chi connectivity index (χ0n) is 23.2. The molecular formula is C30H42ClNO7. The Balaban J connectivity index is 0.00000277. The molecule has 0 aromatic heterocycles. The first-order valence-corrected chi connectivity index (χ1v) is 14.4. The number of methoxy groups -OCH3 is 3. The Morgan fingerprint density at radius 1 is 0.974 bits per heavy atom. The van der Waals surface area contributed by atoms with E-state index in [9.17, 15) is 15.0 Å². The minimum absolute atomic E-state index is 0. The van der Waals surface area contributed by atoms with Crippen LogP contribution in [0.5, 0.6) is 5.75 Å². The largest absolute Gasteiger partial charge is 0.497 e. The average molecular weight is 564 g/mol. The molecule has 7 rings (SSSR count). The number of likely N-dealkylation sites (tertiary alicyclic amines) is 1. The molecule has 1 spiro atoms. The third-order valence-electron chi connectivity index (χ3n) is 12.1. The van der Waals surface area contributed by atoms with Gasteiger partial charge in [-0.05, 0) is 74.2 Å². The molecule has 1 saturated heterocycles. The molecule has 5 aliphatic carbocycles. The summed E-state index contributed by atoms with van der Waals surface area (Å²) in [6.07, 6.45) is 2.50. The summed E-state index contributed by atoms with van der Waals surface area (Å²) in [6.45, 7) is 4.23. The summed E-state index contributed by atoms with van der Waals surface area (Å²) in [5.74, 6) is 0.810. The maximum Gasteiger partial charge on any atom is 0.338 e. The fraction of sp³-hybridized carbons (Fsp3) is 0.767. The zero-order valence-corrected chi connectivity index (χ0v) is 24.1. The highest BCUT2D eigenvalue weighted by molar-refractivity contribution is 5.89. The van der Waals surface area contributed by atoms with Crippen LogP contribution in [0.25, 0.3) is 0 Å². The van der Waals surface area contributed by atoms with Crippen molar-refractivity contribution in [2.24, 2.45) is 35.0 Å². The van der Waals surface area contributed by atoms with Gasteiger partial charge in [0, 0.05) is 50.5 Å². The molecule has 6 aliphatic rings. The molecule has 216 valence electrons. The van der Waals surface area contributed by atoms with E-state index in [1.54, 1.807) is 38.5 Å². The van der Waals surface area contributed by atoms with Crippen LogP contribution in [-0.4, -0.2) is 91.1 Å². The van der Waals surface area contributed by atoms with Crippen LogP contribution in [0, 0.1) is 35.0 Å². The minimum atomic E-state index is -1.37. The summed E-state index contributed by atoms with van der Waals surface area (Å²) in [5.41, 5.74) is -2.24. The lowest BCUT2D eigenvalue weighted by Gasteiger charge is -2.67. The molecule has 0 amide bonds. The molecule has 1 aromatic rings. The van der Waals surface area contributed by atoms with E-state index >= 15 is 0 Å². The van der Waals surface area contributed by atoms with Gasteiger partial charge in [0.15, 0.2) is 0 Å². The van der Waals surface area contributed by atoms with Crippen molar-refractivity contribution in [3.05, 3.63) is 29.8 Å². The summed E-state index contributed by atoms with van der Waals surface area (Å²) in [5, 5.41) is 25.1. The SMILES string of the molecule is CCN1CC2CCC(OC)C34C2CC(C13)C1(O)CC(OC)C2(O)CC4C1C2OC(=O)c1ccc(OC)cc1.Cl. The average Bonchev–Trinajstić information content (AvgIpc) is 3.31. The molecule has 6 fully saturated rings. The first-order valence-electron chi connectivity index (χ1n) is 14.4. The van der Waals surface area contributed by atoms with Crippen molar-refractivity contribution in [2.45, 2.75) is 74.6 Å². The van der Waals surface area contributed by atoms with E-state index in [-0.39, 0.29) is 47.7 Å². The maximum atomic E-state index is 13.5. The molecule has 12 atom stereocenters. The minimum Gasteiger partial charge on any atom is -0.497 e. The number of carbonyl (C=O) groups is 1. The van der Waals surface area contributed by atoms with Gasteiger partial charge in [0.05, 0.1) is 30.5 Å². The Labute approximate surface area is 236 Å². The number of benzene rings is 1. The molecule has 9 heteroatoms. The number of piperidine rings is 1. The number of esters is 1. The van der Waals surface area contributed by atoms with E-state index in [0.717, 1.165) is 32.4 Å². The number of fused-ring (bicyclic) bond motifs is 2. The predicted octanol–water partition coefficient (Wildman–Crippen LogP) is 2.92. The van der Waals surface area contributed by atoms with Crippen molar-refractivity contribution in [1.29, 1.82) is 0 Å². The topological polar surface area (TPSA) is 97.7 Å². The van der Waals surface area contributed by atoms with E-state index in [2.05, 4.69) is 11.8 Å². The van der Waals surface area contributed by atoms with Crippen LogP contribution < -0.4 is 4.74 Å². The monoisotopic (exact) mass is 563 g/mol. The van der Waals surface area contributed by atoms with Crippen molar-refractivity contribution in [2.75, 3.05) is 34.4 Å². The molecule has 5 saturated carbocycles. The third kappa shape index (κ3) is 3.27. The Bertz CT molecular complexity index is 1120. The Hall–Kier alpha value is -1.42. The quantitative estimate of drug-likeness (QED) is 0.510. The van der Waals surface area contributed by atoms with Crippen molar-refractivity contribution < 1.29 is 34.0 Å². The van der Waals surface area contributed by atoms with Crippen LogP contribution in [0.4, 0.5) is 0 Å². The summed E-state index contributed by atoms with van der Waals surface area (Å²) < 4.78 is 23.7. The lowest BCUT2D eigenvalue weighted by Crippen LogP contribution is -2.75. The molecule has 1 aliphatic heterocycles.